The third-order valence-electron chi connectivity index (χ3n) is 21.8. The smallest absolute Gasteiger partial charge is 0.0972 e. The fourth-order valence-corrected chi connectivity index (χ4v) is 16.3. The van der Waals surface area contributed by atoms with Gasteiger partial charge < -0.3 is 0 Å². The van der Waals surface area contributed by atoms with Crippen LogP contribution in [-0.4, -0.2) is 59.8 Å². The van der Waals surface area contributed by atoms with Crippen molar-refractivity contribution < 1.29 is 0 Å². The van der Waals surface area contributed by atoms with Gasteiger partial charge in [-0.2, -0.15) is 0 Å². The highest BCUT2D eigenvalue weighted by molar-refractivity contribution is 6.14. The van der Waals surface area contributed by atoms with Gasteiger partial charge in [-0.05, 0) is 184 Å². The predicted octanol–water partition coefficient (Wildman–Crippen LogP) is 24.4. The minimum absolute atomic E-state index is 0.888. The van der Waals surface area contributed by atoms with Gasteiger partial charge in [0, 0.05) is 136 Å². The third-order valence-corrected chi connectivity index (χ3v) is 21.8. The van der Waals surface area contributed by atoms with Crippen LogP contribution >= 0.6 is 0 Å². The second-order valence-electron chi connectivity index (χ2n) is 28.3. The Labute approximate surface area is 639 Å². The van der Waals surface area contributed by atoms with Gasteiger partial charge >= 0.3 is 0 Å². The molecule has 112 heavy (non-hydrogen) atoms. The van der Waals surface area contributed by atoms with E-state index in [1.165, 1.54) is 0 Å². The van der Waals surface area contributed by atoms with Crippen LogP contribution in [0.15, 0.2) is 353 Å². The quantitative estimate of drug-likeness (QED) is 0.133. The van der Waals surface area contributed by atoms with Crippen LogP contribution in [-0.2, 0) is 0 Å². The van der Waals surface area contributed by atoms with Gasteiger partial charge in [-0.1, -0.05) is 170 Å². The minimum atomic E-state index is 0.888. The maximum atomic E-state index is 5.19. The largest absolute Gasteiger partial charge is 0.254 e. The molecule has 0 N–H and O–H groups in total. The summed E-state index contributed by atoms with van der Waals surface area (Å²) in [6, 6.07) is 108. The van der Waals surface area contributed by atoms with E-state index in [0.717, 1.165) is 231 Å². The number of hydrogen-bond donors (Lipinski definition) is 0. The monoisotopic (exact) mass is 1430 g/mol. The third kappa shape index (κ3) is 11.1. The summed E-state index contributed by atoms with van der Waals surface area (Å²) in [6.07, 6.45) is 12.8. The Hall–Kier alpha value is -15.4. The molecule has 0 fully saturated rings. The van der Waals surface area contributed by atoms with Crippen molar-refractivity contribution in [3.8, 4) is 89.7 Å². The number of fused-ring (bicyclic) bond motifs is 17. The van der Waals surface area contributed by atoms with Gasteiger partial charge in [-0.3, -0.25) is 34.9 Å². The highest BCUT2D eigenvalue weighted by atomic mass is 14.8. The van der Waals surface area contributed by atoms with Crippen LogP contribution in [0.5, 0.6) is 0 Å². The summed E-state index contributed by atoms with van der Waals surface area (Å²) in [5.74, 6) is 0. The molecule has 0 aliphatic rings. The van der Waals surface area contributed by atoms with Gasteiger partial charge in [0.2, 0.25) is 0 Å². The molecule has 0 saturated heterocycles. The molecule has 23 aromatic rings. The number of hydrogen-bond acceptors (Lipinski definition) is 12. The lowest BCUT2D eigenvalue weighted by Crippen LogP contribution is -1.92. The van der Waals surface area contributed by atoms with Gasteiger partial charge in [-0.25, -0.2) is 24.9 Å². The second kappa shape index (κ2) is 26.2. The first-order valence-electron chi connectivity index (χ1n) is 37.3. The van der Waals surface area contributed by atoms with Crippen LogP contribution in [0.3, 0.4) is 0 Å². The molecule has 12 heterocycles. The number of nitrogens with zero attached hydrogens (tertiary/aromatic N) is 12. The lowest BCUT2D eigenvalue weighted by atomic mass is 9.95. The van der Waals surface area contributed by atoms with Crippen molar-refractivity contribution in [2.45, 2.75) is 0 Å². The maximum Gasteiger partial charge on any atom is 0.0972 e. The number of pyridine rings is 12. The van der Waals surface area contributed by atoms with E-state index in [0.29, 0.717) is 0 Å². The van der Waals surface area contributed by atoms with E-state index in [-0.39, 0.29) is 0 Å². The van der Waals surface area contributed by atoms with Crippen LogP contribution in [0.4, 0.5) is 0 Å². The molecular formula is C100H58N12. The molecule has 12 aromatic heterocycles. The summed E-state index contributed by atoms with van der Waals surface area (Å²) in [5.41, 5.74) is 27.8. The molecule has 518 valence electrons. The zero-order valence-corrected chi connectivity index (χ0v) is 59.9. The van der Waals surface area contributed by atoms with E-state index in [9.17, 15) is 0 Å². The summed E-state index contributed by atoms with van der Waals surface area (Å²) >= 11 is 0. The second-order valence-corrected chi connectivity index (χ2v) is 28.3. The Morgan fingerprint density at radius 3 is 0.857 bits per heavy atom. The highest BCUT2D eigenvalue weighted by Crippen LogP contribution is 2.41. The van der Waals surface area contributed by atoms with Crippen molar-refractivity contribution in [1.29, 1.82) is 0 Å². The Morgan fingerprint density at radius 2 is 0.429 bits per heavy atom. The van der Waals surface area contributed by atoms with E-state index in [2.05, 4.69) is 302 Å². The molecule has 0 unspecified atom stereocenters. The van der Waals surface area contributed by atoms with E-state index >= 15 is 0 Å². The molecule has 0 aliphatic carbocycles. The predicted molar refractivity (Wildman–Crippen MR) is 457 cm³/mol. The van der Waals surface area contributed by atoms with Gasteiger partial charge in [-0.15, -0.1) is 0 Å². The summed E-state index contributed by atoms with van der Waals surface area (Å²) in [6.45, 7) is 0. The van der Waals surface area contributed by atoms with Crippen molar-refractivity contribution in [3.05, 3.63) is 353 Å². The average molecular weight is 1430 g/mol. The minimum Gasteiger partial charge on any atom is -0.254 e. The topological polar surface area (TPSA) is 155 Å². The lowest BCUT2D eigenvalue weighted by molar-refractivity contribution is 1.36. The Bertz CT molecular complexity index is 7860. The molecule has 11 aromatic carbocycles. The van der Waals surface area contributed by atoms with Crippen LogP contribution < -0.4 is 0 Å². The summed E-state index contributed by atoms with van der Waals surface area (Å²) in [5, 5.41) is 15.1. The molecule has 23 rings (SSSR count). The molecule has 12 heteroatoms. The Balaban J connectivity index is 0.000000138. The molecule has 0 amide bonds. The molecule has 0 atom stereocenters. The van der Waals surface area contributed by atoms with E-state index in [4.69, 9.17) is 24.9 Å². The molecule has 0 spiro atoms. The fourth-order valence-electron chi connectivity index (χ4n) is 16.3. The molecular weight excluding hydrogens is 1370 g/mol. The first-order chi connectivity index (χ1) is 55.4. The van der Waals surface area contributed by atoms with Crippen LogP contribution in [0.25, 0.3) is 231 Å². The first kappa shape index (κ1) is 63.8. The van der Waals surface area contributed by atoms with Crippen LogP contribution in [0.2, 0.25) is 0 Å². The van der Waals surface area contributed by atoms with Crippen LogP contribution in [0, 0.1) is 0 Å². The molecule has 12 nitrogen and oxygen atoms in total. The normalized spacial score (nSPS) is 11.8. The van der Waals surface area contributed by atoms with E-state index in [1.54, 1.807) is 0 Å². The Morgan fingerprint density at radius 1 is 0.143 bits per heavy atom. The van der Waals surface area contributed by atoms with Gasteiger partial charge in [0.15, 0.2) is 0 Å². The summed E-state index contributed by atoms with van der Waals surface area (Å²) < 4.78 is 0. The summed E-state index contributed by atoms with van der Waals surface area (Å²) in [4.78, 5) is 58.2. The number of rotatable bonds is 8. The number of aromatic nitrogens is 12. The molecule has 0 radical (unpaired) electrons. The average Bonchev–Trinajstić information content (AvgIpc) is 0.768. The van der Waals surface area contributed by atoms with E-state index in [1.807, 2.05) is 85.8 Å². The van der Waals surface area contributed by atoms with Crippen molar-refractivity contribution in [2.24, 2.45) is 0 Å². The van der Waals surface area contributed by atoms with Gasteiger partial charge in [0.25, 0.3) is 0 Å². The zero-order chi connectivity index (χ0) is 73.7. The zero-order valence-electron chi connectivity index (χ0n) is 59.9. The first-order valence-corrected chi connectivity index (χ1v) is 37.3. The molecule has 0 aliphatic heterocycles. The van der Waals surface area contributed by atoms with Crippen molar-refractivity contribution in [2.75, 3.05) is 0 Å². The fraction of sp³-hybridized carbons (Fsp3) is 0. The standard InChI is InChI=1S/C52H30N6.C48H28N6/c1-2-9-39-38(8-1)40(18-19-41(39)47-22-13-32-12-11-31-6-3-25-53-49(31)51(32)58-47)46-23-16-35-28-33(14-20-44(35)56-46)34-15-21-45-36(29-34)17-24-48(57-45)43-30-37-7-4-26-54-50(37)52-42(43)10-5-27-55-52;1-5-35-27-39(37-7-3-23-51-47(37)45(35)49-21-1)29-9-11-30(12-10-29)41-19-15-33-25-31(13-17-42(33)53-41)32-14-18-43-34(26-32)16-20-44(54-43)40-28-36-6-2-22-50-46(36)48-38(40)8-4-24-52-48/h1-30H;1-28H. The van der Waals surface area contributed by atoms with Gasteiger partial charge in [0.05, 0.1) is 94.7 Å². The maximum absolute atomic E-state index is 5.19. The highest BCUT2D eigenvalue weighted by Gasteiger charge is 2.19. The van der Waals surface area contributed by atoms with Crippen LogP contribution in [0.1, 0.15) is 0 Å². The SMILES string of the molecule is c1cnc2c(c1)cc(-c1ccc(-c3ccc4cc(-c5ccc6nc(-c7cc8cccnc8c8ncccc78)ccc6c5)ccc4n3)cc1)c1cccnc12.c1cnc2c(c1)ccc1ccc(-c3ccc(-c4ccc5cc(-c6ccc7nc(-c8cc9cccnc9c9ncccc89)ccc7c6)ccc5n4)c4ccccc34)nc12. The lowest BCUT2D eigenvalue weighted by Gasteiger charge is -2.13. The van der Waals surface area contributed by atoms with Crippen molar-refractivity contribution >= 4 is 142 Å². The van der Waals surface area contributed by atoms with Crippen molar-refractivity contribution in [1.82, 2.24) is 59.8 Å². The van der Waals surface area contributed by atoms with Crippen molar-refractivity contribution in [3.63, 3.8) is 0 Å². The molecule has 0 bridgehead atoms. The number of benzene rings is 11. The van der Waals surface area contributed by atoms with Gasteiger partial charge in [0.1, 0.15) is 0 Å². The Kier molecular flexibility index (Phi) is 15.0. The molecule has 0 saturated carbocycles. The van der Waals surface area contributed by atoms with E-state index < -0.39 is 0 Å². The summed E-state index contributed by atoms with van der Waals surface area (Å²) in [7, 11) is 0.